The first-order valence-corrected chi connectivity index (χ1v) is 5.50. The Morgan fingerprint density at radius 3 is 2.07 bits per heavy atom. The van der Waals surface area contributed by atoms with Crippen LogP contribution in [-0.2, 0) is 4.74 Å². The summed E-state index contributed by atoms with van der Waals surface area (Å²) in [5.74, 6) is -0.642. The lowest BCUT2D eigenvalue weighted by atomic mass is 10.2. The molecule has 0 aliphatic rings. The van der Waals surface area contributed by atoms with Gasteiger partial charge in [0.1, 0.15) is 0 Å². The van der Waals surface area contributed by atoms with E-state index in [4.69, 9.17) is 51.1 Å². The number of rotatable bonds is 2. The number of ether oxygens (including phenoxy) is 1. The minimum absolute atomic E-state index is 0.00215. The van der Waals surface area contributed by atoms with E-state index in [1.807, 2.05) is 0 Å². The molecule has 0 atom stereocenters. The molecular weight excluding hydrogens is 282 g/mol. The van der Waals surface area contributed by atoms with Gasteiger partial charge in [-0.05, 0) is 13.0 Å². The summed E-state index contributed by atoms with van der Waals surface area (Å²) in [4.78, 5) is 11.5. The molecule has 0 unspecified atom stereocenters. The number of hydrogen-bond donors (Lipinski definition) is 0. The van der Waals surface area contributed by atoms with Crippen LogP contribution in [0.2, 0.25) is 20.1 Å². The van der Waals surface area contributed by atoms with E-state index in [9.17, 15) is 4.79 Å². The normalized spacial score (nSPS) is 10.2. The molecule has 1 rings (SSSR count). The van der Waals surface area contributed by atoms with Crippen molar-refractivity contribution < 1.29 is 9.53 Å². The van der Waals surface area contributed by atoms with Gasteiger partial charge in [-0.1, -0.05) is 46.4 Å². The molecule has 0 fully saturated rings. The molecule has 0 aromatic heterocycles. The van der Waals surface area contributed by atoms with Crippen LogP contribution in [0.5, 0.6) is 0 Å². The molecule has 82 valence electrons. The molecule has 0 saturated heterocycles. The van der Waals surface area contributed by atoms with Gasteiger partial charge in [-0.2, -0.15) is 0 Å². The Balaban J connectivity index is 3.32. The average Bonchev–Trinajstić information content (AvgIpc) is 2.16. The Morgan fingerprint density at radius 2 is 1.67 bits per heavy atom. The minimum Gasteiger partial charge on any atom is -0.462 e. The summed E-state index contributed by atoms with van der Waals surface area (Å²) in [5.41, 5.74) is -0.00215. The van der Waals surface area contributed by atoms with Gasteiger partial charge in [-0.25, -0.2) is 4.79 Å². The molecule has 0 N–H and O–H groups in total. The molecule has 0 aliphatic carbocycles. The number of carbonyl (C=O) groups is 1. The van der Waals surface area contributed by atoms with Crippen LogP contribution >= 0.6 is 46.4 Å². The van der Waals surface area contributed by atoms with Gasteiger partial charge in [0.2, 0.25) is 0 Å². The molecule has 0 amide bonds. The fourth-order valence-electron chi connectivity index (χ4n) is 0.956. The Kier molecular flexibility index (Phi) is 4.53. The monoisotopic (exact) mass is 286 g/mol. The predicted molar refractivity (Wildman–Crippen MR) is 62.4 cm³/mol. The standard InChI is InChI=1S/C9H6Cl4O2/c1-2-15-9(14)6-7(12)4(10)3-5(11)8(6)13/h3H,2H2,1H3. The van der Waals surface area contributed by atoms with Crippen LogP contribution in [0, 0.1) is 0 Å². The highest BCUT2D eigenvalue weighted by Gasteiger charge is 2.21. The highest BCUT2D eigenvalue weighted by atomic mass is 35.5. The predicted octanol–water partition coefficient (Wildman–Crippen LogP) is 4.48. The van der Waals surface area contributed by atoms with Crippen molar-refractivity contribution in [3.8, 4) is 0 Å². The number of esters is 1. The summed E-state index contributed by atoms with van der Waals surface area (Å²) in [7, 11) is 0. The number of benzene rings is 1. The second kappa shape index (κ2) is 5.26. The van der Waals surface area contributed by atoms with Gasteiger partial charge in [-0.3, -0.25) is 0 Å². The van der Waals surface area contributed by atoms with E-state index in [1.54, 1.807) is 6.92 Å². The van der Waals surface area contributed by atoms with Crippen LogP contribution in [0.3, 0.4) is 0 Å². The third-order valence-electron chi connectivity index (χ3n) is 1.59. The van der Waals surface area contributed by atoms with Crippen LogP contribution < -0.4 is 0 Å². The van der Waals surface area contributed by atoms with Crippen molar-refractivity contribution in [2.45, 2.75) is 6.92 Å². The summed E-state index contributed by atoms with van der Waals surface area (Å²) in [6, 6.07) is 1.37. The van der Waals surface area contributed by atoms with Crippen LogP contribution in [0.4, 0.5) is 0 Å². The van der Waals surface area contributed by atoms with Crippen LogP contribution in [-0.4, -0.2) is 12.6 Å². The quantitative estimate of drug-likeness (QED) is 0.592. The fraction of sp³-hybridized carbons (Fsp3) is 0.222. The summed E-state index contributed by atoms with van der Waals surface area (Å²) in [5, 5.41) is 0.414. The maximum atomic E-state index is 11.5. The summed E-state index contributed by atoms with van der Waals surface area (Å²) < 4.78 is 4.77. The molecule has 0 heterocycles. The number of halogens is 4. The largest absolute Gasteiger partial charge is 0.462 e. The maximum Gasteiger partial charge on any atom is 0.341 e. The second-order valence-corrected chi connectivity index (χ2v) is 4.13. The highest BCUT2D eigenvalue weighted by Crippen LogP contribution is 2.37. The van der Waals surface area contributed by atoms with Crippen molar-refractivity contribution in [3.05, 3.63) is 31.7 Å². The SMILES string of the molecule is CCOC(=O)c1c(Cl)c(Cl)cc(Cl)c1Cl. The summed E-state index contributed by atoms with van der Waals surface area (Å²) in [6.45, 7) is 1.89. The van der Waals surface area contributed by atoms with Gasteiger partial charge in [0, 0.05) is 0 Å². The van der Waals surface area contributed by atoms with E-state index in [0.717, 1.165) is 0 Å². The van der Waals surface area contributed by atoms with Gasteiger partial charge in [0.15, 0.2) is 0 Å². The van der Waals surface area contributed by atoms with E-state index in [0.29, 0.717) is 0 Å². The van der Waals surface area contributed by atoms with Gasteiger partial charge in [0.05, 0.1) is 32.3 Å². The third kappa shape index (κ3) is 2.70. The molecule has 15 heavy (non-hydrogen) atoms. The van der Waals surface area contributed by atoms with Crippen molar-refractivity contribution in [3.63, 3.8) is 0 Å². The molecule has 0 aliphatic heterocycles. The molecule has 2 nitrogen and oxygen atoms in total. The lowest BCUT2D eigenvalue weighted by molar-refractivity contribution is 0.0527. The zero-order valence-corrected chi connectivity index (χ0v) is 10.6. The summed E-state index contributed by atoms with van der Waals surface area (Å²) in [6.07, 6.45) is 0. The van der Waals surface area contributed by atoms with Crippen molar-refractivity contribution in [1.82, 2.24) is 0 Å². The average molecular weight is 288 g/mol. The van der Waals surface area contributed by atoms with E-state index in [2.05, 4.69) is 0 Å². The van der Waals surface area contributed by atoms with Gasteiger partial charge < -0.3 is 4.74 Å². The van der Waals surface area contributed by atoms with Crippen molar-refractivity contribution in [2.24, 2.45) is 0 Å². The van der Waals surface area contributed by atoms with Gasteiger partial charge >= 0.3 is 5.97 Å². The van der Waals surface area contributed by atoms with Crippen molar-refractivity contribution in [2.75, 3.05) is 6.61 Å². The van der Waals surface area contributed by atoms with Gasteiger partial charge in [-0.15, -0.1) is 0 Å². The van der Waals surface area contributed by atoms with Crippen molar-refractivity contribution >= 4 is 52.4 Å². The fourth-order valence-corrected chi connectivity index (χ4v) is 1.92. The second-order valence-electron chi connectivity index (χ2n) is 2.56. The first kappa shape index (κ1) is 12.9. The molecule has 6 heteroatoms. The number of hydrogen-bond acceptors (Lipinski definition) is 2. The van der Waals surface area contributed by atoms with E-state index >= 15 is 0 Å². The van der Waals surface area contributed by atoms with E-state index < -0.39 is 5.97 Å². The third-order valence-corrected chi connectivity index (χ3v) is 3.17. The topological polar surface area (TPSA) is 26.3 Å². The zero-order valence-electron chi connectivity index (χ0n) is 7.61. The Morgan fingerprint density at radius 1 is 1.20 bits per heavy atom. The number of carbonyl (C=O) groups excluding carboxylic acids is 1. The van der Waals surface area contributed by atoms with E-state index in [-0.39, 0.29) is 32.3 Å². The molecule has 0 bridgehead atoms. The minimum atomic E-state index is -0.642. The molecule has 1 aromatic carbocycles. The Hall–Kier alpha value is -0.150. The maximum absolute atomic E-state index is 11.5. The smallest absolute Gasteiger partial charge is 0.341 e. The van der Waals surface area contributed by atoms with Crippen LogP contribution in [0.1, 0.15) is 17.3 Å². The zero-order chi connectivity index (χ0) is 11.6. The Bertz CT molecular complexity index is 377. The van der Waals surface area contributed by atoms with Crippen molar-refractivity contribution in [1.29, 1.82) is 0 Å². The highest BCUT2D eigenvalue weighted by molar-refractivity contribution is 6.49. The van der Waals surface area contributed by atoms with Crippen LogP contribution in [0.25, 0.3) is 0 Å². The molecule has 1 aromatic rings. The van der Waals surface area contributed by atoms with E-state index in [1.165, 1.54) is 6.07 Å². The van der Waals surface area contributed by atoms with Crippen LogP contribution in [0.15, 0.2) is 6.07 Å². The summed E-state index contributed by atoms with van der Waals surface area (Å²) >= 11 is 23.2. The molecule has 0 spiro atoms. The molecule has 0 saturated carbocycles. The Labute approximate surface area is 107 Å². The lowest BCUT2D eigenvalue weighted by Gasteiger charge is -2.08. The van der Waals surface area contributed by atoms with Gasteiger partial charge in [0.25, 0.3) is 0 Å². The lowest BCUT2D eigenvalue weighted by Crippen LogP contribution is -2.06. The first-order chi connectivity index (χ1) is 6.99. The molecular formula is C9H6Cl4O2. The first-order valence-electron chi connectivity index (χ1n) is 3.99. The molecule has 0 radical (unpaired) electrons.